The molecule has 2 aromatic heterocycles. The van der Waals surface area contributed by atoms with Crippen molar-refractivity contribution < 1.29 is 13.2 Å². The molecule has 0 saturated carbocycles. The van der Waals surface area contributed by atoms with Crippen LogP contribution in [0, 0.1) is 0 Å². The summed E-state index contributed by atoms with van der Waals surface area (Å²) < 4.78 is 33.4. The van der Waals surface area contributed by atoms with Crippen LogP contribution in [0.15, 0.2) is 30.6 Å². The molecule has 0 radical (unpaired) electrons. The Hall–Kier alpha value is -1.97. The third-order valence-corrected chi connectivity index (χ3v) is 5.68. The van der Waals surface area contributed by atoms with E-state index in [1.165, 1.54) is 0 Å². The maximum atomic E-state index is 11.8. The Morgan fingerprint density at radius 1 is 1.36 bits per heavy atom. The third-order valence-electron chi connectivity index (χ3n) is 4.31. The largest absolute Gasteiger partial charge is 0.481 e. The van der Waals surface area contributed by atoms with Crippen LogP contribution in [0.5, 0.6) is 5.88 Å². The first kappa shape index (κ1) is 17.8. The van der Waals surface area contributed by atoms with Crippen molar-refractivity contribution in [3.63, 3.8) is 0 Å². The molecule has 1 aliphatic rings. The molecule has 0 fully saturated rings. The first-order valence-corrected chi connectivity index (χ1v) is 9.87. The van der Waals surface area contributed by atoms with Gasteiger partial charge in [0.05, 0.1) is 24.6 Å². The van der Waals surface area contributed by atoms with Crippen molar-refractivity contribution in [2.24, 2.45) is 0 Å². The molecule has 0 saturated heterocycles. The highest BCUT2D eigenvalue weighted by Crippen LogP contribution is 2.24. The van der Waals surface area contributed by atoms with Crippen molar-refractivity contribution in [3.8, 4) is 5.88 Å². The minimum Gasteiger partial charge on any atom is -0.481 e. The summed E-state index contributed by atoms with van der Waals surface area (Å²) in [4.78, 5) is 6.49. The van der Waals surface area contributed by atoms with Gasteiger partial charge in [-0.15, -0.1) is 0 Å². The molecule has 1 N–H and O–H groups in total. The third kappa shape index (κ3) is 4.17. The van der Waals surface area contributed by atoms with Crippen molar-refractivity contribution in [1.29, 1.82) is 0 Å². The lowest BCUT2D eigenvalue weighted by molar-refractivity contribution is 0.166. The van der Waals surface area contributed by atoms with Crippen LogP contribution in [-0.4, -0.2) is 54.0 Å². The SMILES string of the molecule is CCS(=O)(=O)NCC1CN(Cc2cccnc2OC)Cc2ccnn21. The van der Waals surface area contributed by atoms with Gasteiger partial charge in [0, 0.05) is 44.1 Å². The number of methoxy groups -OCH3 is 1. The number of rotatable bonds is 7. The molecule has 3 rings (SSSR count). The number of hydrogen-bond donors (Lipinski definition) is 1. The van der Waals surface area contributed by atoms with Crippen LogP contribution in [0.25, 0.3) is 0 Å². The van der Waals surface area contributed by atoms with E-state index >= 15 is 0 Å². The molecule has 1 unspecified atom stereocenters. The quantitative estimate of drug-likeness (QED) is 0.780. The zero-order valence-corrected chi connectivity index (χ0v) is 15.2. The molecule has 3 heterocycles. The fourth-order valence-corrected chi connectivity index (χ4v) is 3.68. The molecule has 0 aliphatic carbocycles. The molecule has 9 heteroatoms. The number of sulfonamides is 1. The van der Waals surface area contributed by atoms with E-state index in [0.717, 1.165) is 17.8 Å². The second-order valence-corrected chi connectivity index (χ2v) is 8.11. The van der Waals surface area contributed by atoms with Gasteiger partial charge in [0.1, 0.15) is 0 Å². The number of ether oxygens (including phenoxy) is 1. The van der Waals surface area contributed by atoms with Gasteiger partial charge in [0.15, 0.2) is 0 Å². The highest BCUT2D eigenvalue weighted by atomic mass is 32.2. The zero-order chi connectivity index (χ0) is 17.9. The van der Waals surface area contributed by atoms with Gasteiger partial charge in [-0.3, -0.25) is 9.58 Å². The number of nitrogens with zero attached hydrogens (tertiary/aromatic N) is 4. The van der Waals surface area contributed by atoms with Gasteiger partial charge in [-0.25, -0.2) is 18.1 Å². The monoisotopic (exact) mass is 365 g/mol. The fourth-order valence-electron chi connectivity index (χ4n) is 3.03. The predicted molar refractivity (Wildman–Crippen MR) is 93.6 cm³/mol. The van der Waals surface area contributed by atoms with Gasteiger partial charge < -0.3 is 4.74 Å². The summed E-state index contributed by atoms with van der Waals surface area (Å²) in [6, 6.07) is 5.79. The summed E-state index contributed by atoms with van der Waals surface area (Å²) in [5, 5.41) is 4.36. The van der Waals surface area contributed by atoms with Crippen molar-refractivity contribution in [1.82, 2.24) is 24.4 Å². The Bertz CT molecular complexity index is 821. The second kappa shape index (κ2) is 7.51. The van der Waals surface area contributed by atoms with E-state index in [1.807, 2.05) is 22.9 Å². The Balaban J connectivity index is 1.75. The lowest BCUT2D eigenvalue weighted by atomic mass is 10.1. The zero-order valence-electron chi connectivity index (χ0n) is 14.4. The van der Waals surface area contributed by atoms with Crippen LogP contribution in [0.2, 0.25) is 0 Å². The highest BCUT2D eigenvalue weighted by molar-refractivity contribution is 7.89. The van der Waals surface area contributed by atoms with Gasteiger partial charge in [-0.2, -0.15) is 5.10 Å². The smallest absolute Gasteiger partial charge is 0.217 e. The molecule has 1 atom stereocenters. The summed E-state index contributed by atoms with van der Waals surface area (Å²) >= 11 is 0. The average molecular weight is 365 g/mol. The van der Waals surface area contributed by atoms with Crippen LogP contribution >= 0.6 is 0 Å². The van der Waals surface area contributed by atoms with Crippen LogP contribution in [0.4, 0.5) is 0 Å². The first-order chi connectivity index (χ1) is 12.0. The molecule has 8 nitrogen and oxygen atoms in total. The molecule has 0 bridgehead atoms. The molecule has 136 valence electrons. The maximum Gasteiger partial charge on any atom is 0.217 e. The van der Waals surface area contributed by atoms with E-state index < -0.39 is 10.0 Å². The summed E-state index contributed by atoms with van der Waals surface area (Å²) in [7, 11) is -1.62. The Kier molecular flexibility index (Phi) is 5.36. The first-order valence-electron chi connectivity index (χ1n) is 8.22. The maximum absolute atomic E-state index is 11.8. The molecule has 0 amide bonds. The van der Waals surface area contributed by atoms with E-state index in [0.29, 0.717) is 25.5 Å². The number of pyridine rings is 1. The van der Waals surface area contributed by atoms with Gasteiger partial charge in [0.2, 0.25) is 15.9 Å². The minimum absolute atomic E-state index is 0.0530. The Labute approximate surface area is 147 Å². The predicted octanol–water partition coefficient (Wildman–Crippen LogP) is 0.783. The van der Waals surface area contributed by atoms with Crippen molar-refractivity contribution in [3.05, 3.63) is 41.9 Å². The molecule has 0 aromatic carbocycles. The molecule has 2 aromatic rings. The number of nitrogens with one attached hydrogen (secondary N) is 1. The number of aromatic nitrogens is 3. The van der Waals surface area contributed by atoms with Gasteiger partial charge in [0.25, 0.3) is 0 Å². The summed E-state index contributed by atoms with van der Waals surface area (Å²) in [5.74, 6) is 0.687. The van der Waals surface area contributed by atoms with E-state index in [-0.39, 0.29) is 11.8 Å². The van der Waals surface area contributed by atoms with Gasteiger partial charge in [-0.05, 0) is 19.1 Å². The van der Waals surface area contributed by atoms with E-state index in [9.17, 15) is 8.42 Å². The summed E-state index contributed by atoms with van der Waals surface area (Å²) in [5.41, 5.74) is 2.07. The second-order valence-electron chi connectivity index (χ2n) is 6.01. The Morgan fingerprint density at radius 2 is 2.20 bits per heavy atom. The van der Waals surface area contributed by atoms with Crippen LogP contribution < -0.4 is 9.46 Å². The van der Waals surface area contributed by atoms with Gasteiger partial charge >= 0.3 is 0 Å². The van der Waals surface area contributed by atoms with Crippen LogP contribution in [0.1, 0.15) is 24.2 Å². The fraction of sp³-hybridized carbons (Fsp3) is 0.500. The van der Waals surface area contributed by atoms with Crippen molar-refractivity contribution in [2.75, 3.05) is 26.0 Å². The molecule has 1 aliphatic heterocycles. The van der Waals surface area contributed by atoms with Crippen molar-refractivity contribution >= 4 is 10.0 Å². The standard InChI is InChI=1S/C16H23N5O3S/c1-3-25(22,23)19-9-15-12-20(11-14-6-8-18-21(14)15)10-13-5-4-7-17-16(13)24-2/h4-8,15,19H,3,9-12H2,1-2H3. The molecular weight excluding hydrogens is 342 g/mol. The lowest BCUT2D eigenvalue weighted by Gasteiger charge is -2.34. The van der Waals surface area contributed by atoms with Crippen molar-refractivity contribution in [2.45, 2.75) is 26.1 Å². The minimum atomic E-state index is -3.23. The van der Waals surface area contributed by atoms with E-state index in [2.05, 4.69) is 19.7 Å². The molecule has 0 spiro atoms. The Morgan fingerprint density at radius 3 is 2.96 bits per heavy atom. The molecular formula is C16H23N5O3S. The van der Waals surface area contributed by atoms with E-state index in [1.54, 1.807) is 26.4 Å². The summed E-state index contributed by atoms with van der Waals surface area (Å²) in [6.45, 7) is 4.07. The van der Waals surface area contributed by atoms with Crippen LogP contribution in [-0.2, 0) is 23.1 Å². The number of fused-ring (bicyclic) bond motifs is 1. The number of hydrogen-bond acceptors (Lipinski definition) is 6. The van der Waals surface area contributed by atoms with E-state index in [4.69, 9.17) is 4.74 Å². The highest BCUT2D eigenvalue weighted by Gasteiger charge is 2.27. The average Bonchev–Trinajstić information content (AvgIpc) is 3.09. The lowest BCUT2D eigenvalue weighted by Crippen LogP contribution is -2.43. The normalized spacial score (nSPS) is 18.1. The molecule has 25 heavy (non-hydrogen) atoms. The summed E-state index contributed by atoms with van der Waals surface area (Å²) in [6.07, 6.45) is 3.46. The topological polar surface area (TPSA) is 89.3 Å². The van der Waals surface area contributed by atoms with Gasteiger partial charge in [-0.1, -0.05) is 6.07 Å². The van der Waals surface area contributed by atoms with Crippen LogP contribution in [0.3, 0.4) is 0 Å².